The zero-order valence-electron chi connectivity index (χ0n) is 5.92. The van der Waals surface area contributed by atoms with Crippen LogP contribution < -0.4 is 0 Å². The lowest BCUT2D eigenvalue weighted by molar-refractivity contribution is 1.24. The molecule has 0 radical (unpaired) electrons. The van der Waals surface area contributed by atoms with Crippen molar-refractivity contribution >= 4 is 69.6 Å². The number of benzene rings is 1. The smallest absolute Gasteiger partial charge is 0.0838 e. The van der Waals surface area contributed by atoms with Crippen LogP contribution in [0, 0.1) is 0 Å². The molecule has 0 bridgehead atoms. The van der Waals surface area contributed by atoms with Crippen LogP contribution in [0.4, 0.5) is 0 Å². The van der Waals surface area contributed by atoms with E-state index in [9.17, 15) is 0 Å². The lowest BCUT2D eigenvalue weighted by Gasteiger charge is -2.15. The fourth-order valence-electron chi connectivity index (χ4n) is 0.787. The summed E-state index contributed by atoms with van der Waals surface area (Å²) in [6, 6.07) is 3.05. The average Bonchev–Trinajstić information content (AvgIpc) is 1.95. The summed E-state index contributed by atoms with van der Waals surface area (Å²) in [5.41, 5.74) is 0.202. The van der Waals surface area contributed by atoms with Crippen molar-refractivity contribution in [3.63, 3.8) is 0 Å². The van der Waals surface area contributed by atoms with Crippen LogP contribution in [0.1, 0.15) is 5.56 Å². The molecule has 0 aliphatic rings. The minimum absolute atomic E-state index is 0.161. The number of rotatable bonds is 0. The minimum Gasteiger partial charge on any atom is -0.0838 e. The minimum atomic E-state index is -1.67. The molecule has 0 heterocycles. The molecule has 0 saturated heterocycles. The molecule has 0 aromatic heterocycles. The standard InChI is InChI=1S/C7H2Cl6/c8-3-1-2-4(9)6(10)5(3)7(11,12)13/h1-2H. The van der Waals surface area contributed by atoms with Gasteiger partial charge in [0, 0.05) is 10.6 Å². The summed E-state index contributed by atoms with van der Waals surface area (Å²) in [5.74, 6) is 0. The van der Waals surface area contributed by atoms with E-state index < -0.39 is 3.79 Å². The van der Waals surface area contributed by atoms with E-state index in [1.54, 1.807) is 0 Å². The van der Waals surface area contributed by atoms with Crippen molar-refractivity contribution in [3.05, 3.63) is 32.8 Å². The van der Waals surface area contributed by atoms with Crippen molar-refractivity contribution in [2.45, 2.75) is 3.79 Å². The molecule has 0 saturated carbocycles. The van der Waals surface area contributed by atoms with Gasteiger partial charge >= 0.3 is 0 Å². The van der Waals surface area contributed by atoms with E-state index in [-0.39, 0.29) is 15.6 Å². The Hall–Kier alpha value is 0.960. The lowest BCUT2D eigenvalue weighted by Crippen LogP contribution is -2.02. The summed E-state index contributed by atoms with van der Waals surface area (Å²) in [4.78, 5) is 0. The van der Waals surface area contributed by atoms with Gasteiger partial charge in [-0.15, -0.1) is 0 Å². The molecule has 0 nitrogen and oxygen atoms in total. The topological polar surface area (TPSA) is 0 Å². The highest BCUT2D eigenvalue weighted by atomic mass is 35.6. The summed E-state index contributed by atoms with van der Waals surface area (Å²) in [6.07, 6.45) is 0. The number of halogens is 6. The highest BCUT2D eigenvalue weighted by molar-refractivity contribution is 6.68. The summed E-state index contributed by atoms with van der Waals surface area (Å²) in [5, 5.41) is 0.732. The molecule has 1 aromatic carbocycles. The molecule has 6 heteroatoms. The van der Waals surface area contributed by atoms with Crippen LogP contribution in [-0.4, -0.2) is 0 Å². The molecule has 0 aliphatic carbocycles. The maximum Gasteiger partial charge on any atom is 0.218 e. The second-order valence-electron chi connectivity index (χ2n) is 2.22. The van der Waals surface area contributed by atoms with Crippen molar-refractivity contribution in [1.29, 1.82) is 0 Å². The molecule has 1 rings (SSSR count). The van der Waals surface area contributed by atoms with Gasteiger partial charge in [0.05, 0.1) is 10.0 Å². The zero-order valence-corrected chi connectivity index (χ0v) is 10.5. The second-order valence-corrected chi connectivity index (χ2v) is 5.69. The maximum absolute atomic E-state index is 5.81. The fourth-order valence-corrected chi connectivity index (χ4v) is 2.48. The molecule has 0 spiro atoms. The molecule has 0 unspecified atom stereocenters. The van der Waals surface area contributed by atoms with Crippen molar-refractivity contribution in [2.75, 3.05) is 0 Å². The SMILES string of the molecule is Clc1ccc(Cl)c(C(Cl)(Cl)Cl)c1Cl. The third-order valence-electron chi connectivity index (χ3n) is 1.33. The van der Waals surface area contributed by atoms with Gasteiger partial charge in [-0.05, 0) is 12.1 Å². The lowest BCUT2D eigenvalue weighted by atomic mass is 10.2. The number of alkyl halides is 3. The van der Waals surface area contributed by atoms with Crippen LogP contribution in [0.25, 0.3) is 0 Å². The molecular weight excluding hydrogens is 297 g/mol. The normalized spacial score (nSPS) is 11.8. The van der Waals surface area contributed by atoms with Crippen LogP contribution in [-0.2, 0) is 3.79 Å². The Bertz CT molecular complexity index is 326. The predicted molar refractivity (Wildman–Crippen MR) is 60.7 cm³/mol. The van der Waals surface area contributed by atoms with Crippen molar-refractivity contribution in [1.82, 2.24) is 0 Å². The van der Waals surface area contributed by atoms with Gasteiger partial charge < -0.3 is 0 Å². The zero-order chi connectivity index (χ0) is 10.2. The summed E-state index contributed by atoms with van der Waals surface area (Å²) < 4.78 is -1.67. The molecule has 0 atom stereocenters. The van der Waals surface area contributed by atoms with Gasteiger partial charge in [0.15, 0.2) is 0 Å². The van der Waals surface area contributed by atoms with Crippen molar-refractivity contribution < 1.29 is 0 Å². The van der Waals surface area contributed by atoms with Gasteiger partial charge in [-0.1, -0.05) is 69.6 Å². The first kappa shape index (κ1) is 12.0. The summed E-state index contributed by atoms with van der Waals surface area (Å²) >= 11 is 34.3. The molecule has 72 valence electrons. The van der Waals surface area contributed by atoms with Crippen LogP contribution in [0.5, 0.6) is 0 Å². The second kappa shape index (κ2) is 4.22. The van der Waals surface area contributed by atoms with Crippen LogP contribution in [0.2, 0.25) is 15.1 Å². The van der Waals surface area contributed by atoms with E-state index in [4.69, 9.17) is 69.6 Å². The number of hydrogen-bond donors (Lipinski definition) is 0. The Kier molecular flexibility index (Phi) is 3.91. The molecule has 0 amide bonds. The Morgan fingerprint density at radius 2 is 1.31 bits per heavy atom. The Morgan fingerprint density at radius 1 is 0.846 bits per heavy atom. The highest BCUT2D eigenvalue weighted by Crippen LogP contribution is 2.47. The van der Waals surface area contributed by atoms with Gasteiger partial charge in [0.25, 0.3) is 0 Å². The maximum atomic E-state index is 5.81. The molecule has 13 heavy (non-hydrogen) atoms. The fraction of sp³-hybridized carbons (Fsp3) is 0.143. The number of hydrogen-bond acceptors (Lipinski definition) is 0. The molecule has 0 fully saturated rings. The van der Waals surface area contributed by atoms with Crippen LogP contribution >= 0.6 is 69.6 Å². The van der Waals surface area contributed by atoms with Crippen molar-refractivity contribution in [3.8, 4) is 0 Å². The van der Waals surface area contributed by atoms with E-state index in [1.165, 1.54) is 12.1 Å². The molecular formula is C7H2Cl6. The molecule has 0 N–H and O–H groups in total. The first-order chi connectivity index (χ1) is 5.84. The van der Waals surface area contributed by atoms with E-state index in [0.717, 1.165) is 0 Å². The highest BCUT2D eigenvalue weighted by Gasteiger charge is 2.29. The van der Waals surface area contributed by atoms with Crippen molar-refractivity contribution in [2.24, 2.45) is 0 Å². The van der Waals surface area contributed by atoms with Gasteiger partial charge in [0.2, 0.25) is 3.79 Å². The third-order valence-corrected chi connectivity index (χ3v) is 3.01. The monoisotopic (exact) mass is 296 g/mol. The van der Waals surface area contributed by atoms with E-state index >= 15 is 0 Å². The van der Waals surface area contributed by atoms with Crippen LogP contribution in [0.3, 0.4) is 0 Å². The van der Waals surface area contributed by atoms with Gasteiger partial charge in [0.1, 0.15) is 0 Å². The van der Waals surface area contributed by atoms with Gasteiger partial charge in [-0.3, -0.25) is 0 Å². The van der Waals surface area contributed by atoms with E-state index in [0.29, 0.717) is 5.02 Å². The first-order valence-corrected chi connectivity index (χ1v) is 5.31. The first-order valence-electron chi connectivity index (χ1n) is 3.04. The van der Waals surface area contributed by atoms with Gasteiger partial charge in [-0.2, -0.15) is 0 Å². The average molecular weight is 299 g/mol. The van der Waals surface area contributed by atoms with Crippen LogP contribution in [0.15, 0.2) is 12.1 Å². The van der Waals surface area contributed by atoms with Gasteiger partial charge in [-0.25, -0.2) is 0 Å². The Labute approximate surface area is 106 Å². The Balaban J connectivity index is 3.43. The Morgan fingerprint density at radius 3 is 1.69 bits per heavy atom. The third kappa shape index (κ3) is 2.71. The largest absolute Gasteiger partial charge is 0.218 e. The summed E-state index contributed by atoms with van der Waals surface area (Å²) in [7, 11) is 0. The quantitative estimate of drug-likeness (QED) is 0.440. The van der Waals surface area contributed by atoms with E-state index in [1.807, 2.05) is 0 Å². The predicted octanol–water partition coefficient (Wildman–Crippen LogP) is 5.47. The van der Waals surface area contributed by atoms with E-state index in [2.05, 4.69) is 0 Å². The molecule has 1 aromatic rings. The summed E-state index contributed by atoms with van der Waals surface area (Å²) in [6.45, 7) is 0. The molecule has 0 aliphatic heterocycles.